The number of benzene rings is 1. The summed E-state index contributed by atoms with van der Waals surface area (Å²) < 4.78 is 5.45. The van der Waals surface area contributed by atoms with Crippen molar-refractivity contribution in [1.82, 2.24) is 5.32 Å². The number of carbonyl (C=O) groups excluding carboxylic acids is 1. The van der Waals surface area contributed by atoms with Gasteiger partial charge >= 0.3 is 0 Å². The molecule has 16 heavy (non-hydrogen) atoms. The molecule has 1 rings (SSSR count). The summed E-state index contributed by atoms with van der Waals surface area (Å²) in [5.41, 5.74) is 0.764. The molecular formula is C12H17NO3. The Balaban J connectivity index is 2.61. The van der Waals surface area contributed by atoms with Gasteiger partial charge in [0.25, 0.3) is 5.91 Å². The van der Waals surface area contributed by atoms with Crippen LogP contribution in [0.3, 0.4) is 0 Å². The van der Waals surface area contributed by atoms with Crippen LogP contribution in [-0.4, -0.2) is 23.7 Å². The molecule has 0 spiro atoms. The molecule has 0 aliphatic heterocycles. The zero-order valence-corrected chi connectivity index (χ0v) is 9.56. The highest BCUT2D eigenvalue weighted by atomic mass is 16.5. The van der Waals surface area contributed by atoms with E-state index in [1.54, 1.807) is 31.2 Å². The van der Waals surface area contributed by atoms with Crippen molar-refractivity contribution >= 4 is 5.91 Å². The molecule has 0 heterocycles. The Morgan fingerprint density at radius 3 is 2.94 bits per heavy atom. The molecule has 1 atom stereocenters. The zero-order chi connectivity index (χ0) is 12.0. The Labute approximate surface area is 95.2 Å². The molecule has 4 nitrogen and oxygen atoms in total. The summed E-state index contributed by atoms with van der Waals surface area (Å²) in [4.78, 5) is 11.4. The number of aliphatic hydroxyl groups excluding tert-OH is 1. The summed E-state index contributed by atoms with van der Waals surface area (Å²) in [6, 6.07) is 7.06. The summed E-state index contributed by atoms with van der Waals surface area (Å²) in [7, 11) is 0. The third-order valence-electron chi connectivity index (χ3n) is 2.11. The maximum absolute atomic E-state index is 11.4. The van der Waals surface area contributed by atoms with Crippen LogP contribution < -0.4 is 10.1 Å². The third-order valence-corrected chi connectivity index (χ3v) is 2.11. The van der Waals surface area contributed by atoms with Gasteiger partial charge < -0.3 is 15.2 Å². The van der Waals surface area contributed by atoms with E-state index in [2.05, 4.69) is 5.32 Å². The van der Waals surface area contributed by atoms with Crippen molar-refractivity contribution in [2.75, 3.05) is 6.54 Å². The van der Waals surface area contributed by atoms with Crippen LogP contribution in [0.2, 0.25) is 0 Å². The van der Waals surface area contributed by atoms with Crippen molar-refractivity contribution in [1.29, 1.82) is 0 Å². The van der Waals surface area contributed by atoms with E-state index in [4.69, 9.17) is 9.84 Å². The number of hydrogen-bond acceptors (Lipinski definition) is 3. The van der Waals surface area contributed by atoms with E-state index < -0.39 is 6.10 Å². The van der Waals surface area contributed by atoms with Crippen LogP contribution in [0.25, 0.3) is 0 Å². The number of hydrogen-bond donors (Lipinski definition) is 2. The monoisotopic (exact) mass is 223 g/mol. The average Bonchev–Trinajstić information content (AvgIpc) is 2.29. The van der Waals surface area contributed by atoms with Gasteiger partial charge in [0.2, 0.25) is 0 Å². The van der Waals surface area contributed by atoms with Gasteiger partial charge in [-0.05, 0) is 31.5 Å². The first-order chi connectivity index (χ1) is 7.67. The van der Waals surface area contributed by atoms with Crippen molar-refractivity contribution in [2.45, 2.75) is 26.6 Å². The van der Waals surface area contributed by atoms with E-state index in [0.29, 0.717) is 12.3 Å². The fraction of sp³-hybridized carbons (Fsp3) is 0.417. The largest absolute Gasteiger partial charge is 0.481 e. The summed E-state index contributed by atoms with van der Waals surface area (Å²) >= 11 is 0. The van der Waals surface area contributed by atoms with E-state index in [1.807, 2.05) is 6.92 Å². The Hall–Kier alpha value is -1.55. The molecule has 0 saturated heterocycles. The number of likely N-dealkylation sites (N-methyl/N-ethyl adjacent to an activating group) is 1. The van der Waals surface area contributed by atoms with Crippen molar-refractivity contribution < 1.29 is 14.6 Å². The van der Waals surface area contributed by atoms with Gasteiger partial charge in [0, 0.05) is 6.54 Å². The summed E-state index contributed by atoms with van der Waals surface area (Å²) in [6.07, 6.45) is -0.533. The summed E-state index contributed by atoms with van der Waals surface area (Å²) in [5.74, 6) is 0.446. The molecule has 0 radical (unpaired) electrons. The molecule has 0 bridgehead atoms. The fourth-order valence-electron chi connectivity index (χ4n) is 1.29. The standard InChI is InChI=1S/C12H17NO3/c1-3-13-12(15)9(2)16-11-6-4-5-10(7-11)8-14/h4-7,9,14H,3,8H2,1-2H3,(H,13,15). The van der Waals surface area contributed by atoms with Gasteiger partial charge in [-0.3, -0.25) is 4.79 Å². The van der Waals surface area contributed by atoms with Gasteiger partial charge in [0.15, 0.2) is 6.10 Å². The lowest BCUT2D eigenvalue weighted by Crippen LogP contribution is -2.36. The van der Waals surface area contributed by atoms with Crippen LogP contribution in [0, 0.1) is 0 Å². The Morgan fingerprint density at radius 2 is 2.31 bits per heavy atom. The van der Waals surface area contributed by atoms with E-state index in [0.717, 1.165) is 5.56 Å². The van der Waals surface area contributed by atoms with Crippen molar-refractivity contribution in [2.24, 2.45) is 0 Å². The zero-order valence-electron chi connectivity index (χ0n) is 9.56. The van der Waals surface area contributed by atoms with Gasteiger partial charge in [-0.25, -0.2) is 0 Å². The first-order valence-corrected chi connectivity index (χ1v) is 5.31. The predicted molar refractivity (Wildman–Crippen MR) is 61.1 cm³/mol. The highest BCUT2D eigenvalue weighted by Gasteiger charge is 2.13. The minimum absolute atomic E-state index is 0.0350. The Kier molecular flexibility index (Phi) is 4.79. The predicted octanol–water partition coefficient (Wildman–Crippen LogP) is 1.08. The normalized spacial score (nSPS) is 11.9. The minimum atomic E-state index is -0.533. The number of amides is 1. The van der Waals surface area contributed by atoms with Gasteiger partial charge in [-0.1, -0.05) is 12.1 Å². The van der Waals surface area contributed by atoms with Crippen LogP contribution in [0.1, 0.15) is 19.4 Å². The number of rotatable bonds is 5. The molecule has 1 aromatic carbocycles. The lowest BCUT2D eigenvalue weighted by molar-refractivity contribution is -0.127. The topological polar surface area (TPSA) is 58.6 Å². The highest BCUT2D eigenvalue weighted by molar-refractivity contribution is 5.80. The average molecular weight is 223 g/mol. The van der Waals surface area contributed by atoms with Crippen molar-refractivity contribution in [3.05, 3.63) is 29.8 Å². The number of ether oxygens (including phenoxy) is 1. The fourth-order valence-corrected chi connectivity index (χ4v) is 1.29. The van der Waals surface area contributed by atoms with Crippen LogP contribution in [-0.2, 0) is 11.4 Å². The molecule has 0 saturated carbocycles. The lowest BCUT2D eigenvalue weighted by atomic mass is 10.2. The molecule has 1 amide bonds. The molecule has 1 unspecified atom stereocenters. The Bertz CT molecular complexity index is 352. The molecule has 0 aromatic heterocycles. The van der Waals surface area contributed by atoms with Crippen molar-refractivity contribution in [3.63, 3.8) is 0 Å². The molecule has 1 aromatic rings. The molecule has 4 heteroatoms. The molecule has 0 aliphatic carbocycles. The van der Waals surface area contributed by atoms with Crippen LogP contribution in [0.15, 0.2) is 24.3 Å². The first kappa shape index (κ1) is 12.5. The number of aliphatic hydroxyl groups is 1. The lowest BCUT2D eigenvalue weighted by Gasteiger charge is -2.14. The molecule has 0 aliphatic rings. The molecule has 0 fully saturated rings. The maximum atomic E-state index is 11.4. The van der Waals surface area contributed by atoms with E-state index >= 15 is 0 Å². The SMILES string of the molecule is CCNC(=O)C(C)Oc1cccc(CO)c1. The number of carbonyl (C=O) groups is 1. The van der Waals surface area contributed by atoms with Gasteiger partial charge in [-0.15, -0.1) is 0 Å². The van der Waals surface area contributed by atoms with E-state index in [1.165, 1.54) is 0 Å². The molecular weight excluding hydrogens is 206 g/mol. The maximum Gasteiger partial charge on any atom is 0.260 e. The first-order valence-electron chi connectivity index (χ1n) is 5.31. The smallest absolute Gasteiger partial charge is 0.260 e. The van der Waals surface area contributed by atoms with E-state index in [-0.39, 0.29) is 12.5 Å². The highest BCUT2D eigenvalue weighted by Crippen LogP contribution is 2.14. The second kappa shape index (κ2) is 6.12. The molecule has 88 valence electrons. The second-order valence-corrected chi connectivity index (χ2v) is 3.46. The second-order valence-electron chi connectivity index (χ2n) is 3.46. The van der Waals surface area contributed by atoms with Crippen molar-refractivity contribution in [3.8, 4) is 5.75 Å². The van der Waals surface area contributed by atoms with Crippen LogP contribution >= 0.6 is 0 Å². The van der Waals surface area contributed by atoms with Crippen LogP contribution in [0.4, 0.5) is 0 Å². The van der Waals surface area contributed by atoms with Gasteiger partial charge in [-0.2, -0.15) is 0 Å². The quantitative estimate of drug-likeness (QED) is 0.785. The Morgan fingerprint density at radius 1 is 1.56 bits per heavy atom. The minimum Gasteiger partial charge on any atom is -0.481 e. The van der Waals surface area contributed by atoms with Gasteiger partial charge in [0.1, 0.15) is 5.75 Å². The molecule has 2 N–H and O–H groups in total. The number of nitrogens with one attached hydrogen (secondary N) is 1. The third kappa shape index (κ3) is 3.55. The van der Waals surface area contributed by atoms with Crippen LogP contribution in [0.5, 0.6) is 5.75 Å². The summed E-state index contributed by atoms with van der Waals surface area (Å²) in [5, 5.41) is 11.6. The van der Waals surface area contributed by atoms with E-state index in [9.17, 15) is 4.79 Å². The summed E-state index contributed by atoms with van der Waals surface area (Å²) in [6.45, 7) is 4.10. The van der Waals surface area contributed by atoms with Gasteiger partial charge in [0.05, 0.1) is 6.61 Å².